The number of ether oxygens (including phenoxy) is 1. The van der Waals surface area contributed by atoms with Gasteiger partial charge in [0.1, 0.15) is 11.5 Å². The quantitative estimate of drug-likeness (QED) is 0.375. The van der Waals surface area contributed by atoms with E-state index in [4.69, 9.17) is 9.15 Å². The molecule has 136 valence electrons. The number of methoxy groups -OCH3 is 1. The highest BCUT2D eigenvalue weighted by Crippen LogP contribution is 2.26. The predicted molar refractivity (Wildman–Crippen MR) is 105 cm³/mol. The molecule has 27 heavy (non-hydrogen) atoms. The first-order valence-corrected chi connectivity index (χ1v) is 8.75. The molecular weight excluding hydrogens is 412 g/mol. The Kier molecular flexibility index (Phi) is 5.83. The smallest absolute Gasteiger partial charge is 0.338 e. The number of hydrazone groups is 1. The van der Waals surface area contributed by atoms with Gasteiger partial charge in [0.15, 0.2) is 0 Å². The molecule has 0 atom stereocenters. The van der Waals surface area contributed by atoms with Crippen LogP contribution in [0.25, 0.3) is 11.3 Å². The number of furan rings is 1. The molecule has 0 aliphatic rings. The molecule has 0 saturated heterocycles. The highest BCUT2D eigenvalue weighted by molar-refractivity contribution is 9.10. The fourth-order valence-electron chi connectivity index (χ4n) is 2.41. The number of carbonyl (C=O) groups excluding carboxylic acids is 2. The lowest BCUT2D eigenvalue weighted by Crippen LogP contribution is -2.17. The average molecular weight is 427 g/mol. The summed E-state index contributed by atoms with van der Waals surface area (Å²) in [7, 11) is 1.33. The second kappa shape index (κ2) is 8.46. The Morgan fingerprint density at radius 3 is 2.48 bits per heavy atom. The molecule has 0 bridgehead atoms. The molecule has 0 unspecified atom stereocenters. The van der Waals surface area contributed by atoms with Gasteiger partial charge in [0.05, 0.1) is 24.5 Å². The van der Waals surface area contributed by atoms with Crippen molar-refractivity contribution in [2.75, 3.05) is 7.11 Å². The van der Waals surface area contributed by atoms with E-state index >= 15 is 0 Å². The van der Waals surface area contributed by atoms with Gasteiger partial charge in [-0.1, -0.05) is 30.3 Å². The Balaban J connectivity index is 1.74. The third kappa shape index (κ3) is 4.32. The third-order valence-electron chi connectivity index (χ3n) is 3.70. The number of halogens is 1. The average Bonchev–Trinajstić information content (AvgIpc) is 3.16. The maximum atomic E-state index is 12.1. The second-order valence-electron chi connectivity index (χ2n) is 5.42. The highest BCUT2D eigenvalue weighted by atomic mass is 79.9. The van der Waals surface area contributed by atoms with Crippen molar-refractivity contribution in [3.05, 3.63) is 82.0 Å². The number of nitrogens with one attached hydrogen (secondary N) is 1. The number of benzene rings is 2. The lowest BCUT2D eigenvalue weighted by atomic mass is 10.1. The first-order chi connectivity index (χ1) is 13.1. The zero-order valence-corrected chi connectivity index (χ0v) is 15.9. The monoisotopic (exact) mass is 426 g/mol. The van der Waals surface area contributed by atoms with Crippen LogP contribution in [-0.4, -0.2) is 25.2 Å². The summed E-state index contributed by atoms with van der Waals surface area (Å²) in [5.74, 6) is 0.131. The van der Waals surface area contributed by atoms with Crippen molar-refractivity contribution in [2.45, 2.75) is 0 Å². The third-order valence-corrected chi connectivity index (χ3v) is 4.39. The molecule has 3 rings (SSSR count). The normalized spacial score (nSPS) is 10.7. The van der Waals surface area contributed by atoms with E-state index in [2.05, 4.69) is 26.5 Å². The van der Waals surface area contributed by atoms with Gasteiger partial charge in [-0.15, -0.1) is 0 Å². The summed E-state index contributed by atoms with van der Waals surface area (Å²) >= 11 is 3.32. The van der Waals surface area contributed by atoms with Gasteiger partial charge in [-0.25, -0.2) is 10.2 Å². The summed E-state index contributed by atoms with van der Waals surface area (Å²) in [5, 5.41) is 3.91. The van der Waals surface area contributed by atoms with Crippen LogP contribution in [0, 0.1) is 0 Å². The summed E-state index contributed by atoms with van der Waals surface area (Å²) in [4.78, 5) is 24.0. The zero-order valence-electron chi connectivity index (χ0n) is 14.3. The van der Waals surface area contributed by atoms with Crippen molar-refractivity contribution in [2.24, 2.45) is 5.10 Å². The topological polar surface area (TPSA) is 80.9 Å². The number of nitrogens with zero attached hydrogens (tertiary/aromatic N) is 1. The number of amides is 1. The summed E-state index contributed by atoms with van der Waals surface area (Å²) in [6.45, 7) is 0. The number of hydrogen-bond acceptors (Lipinski definition) is 5. The molecular formula is C20H15BrN2O4. The van der Waals surface area contributed by atoms with Gasteiger partial charge in [0, 0.05) is 10.0 Å². The van der Waals surface area contributed by atoms with Crippen LogP contribution in [0.3, 0.4) is 0 Å². The van der Waals surface area contributed by atoms with Crippen LogP contribution in [0.5, 0.6) is 0 Å². The standard InChI is InChI=1S/C20H15BrN2O4/c1-26-20(25)15-7-3-2-6-14(15)18-11-10-13(27-18)12-22-23-19(24)16-8-4-5-9-17(16)21/h2-12H,1H3,(H,23,24)/b22-12+. The van der Waals surface area contributed by atoms with E-state index in [0.29, 0.717) is 32.7 Å². The molecule has 1 N–H and O–H groups in total. The van der Waals surface area contributed by atoms with E-state index in [9.17, 15) is 9.59 Å². The van der Waals surface area contributed by atoms with Crippen molar-refractivity contribution in [1.29, 1.82) is 0 Å². The number of carbonyl (C=O) groups is 2. The van der Waals surface area contributed by atoms with Gasteiger partial charge in [0.2, 0.25) is 0 Å². The minimum absolute atomic E-state index is 0.346. The largest absolute Gasteiger partial charge is 0.465 e. The molecule has 6 nitrogen and oxygen atoms in total. The van der Waals surface area contributed by atoms with Gasteiger partial charge in [-0.3, -0.25) is 4.79 Å². The molecule has 3 aromatic rings. The Hall–Kier alpha value is -3.19. The first kappa shape index (κ1) is 18.6. The van der Waals surface area contributed by atoms with Crippen LogP contribution in [0.15, 0.2) is 74.7 Å². The summed E-state index contributed by atoms with van der Waals surface area (Å²) < 4.78 is 11.2. The highest BCUT2D eigenvalue weighted by Gasteiger charge is 2.15. The Morgan fingerprint density at radius 2 is 1.74 bits per heavy atom. The molecule has 0 radical (unpaired) electrons. The molecule has 0 aliphatic carbocycles. The van der Waals surface area contributed by atoms with Crippen molar-refractivity contribution in [3.63, 3.8) is 0 Å². The van der Waals surface area contributed by atoms with Crippen LogP contribution in [0.4, 0.5) is 0 Å². The Labute approximate surface area is 164 Å². The van der Waals surface area contributed by atoms with Crippen LogP contribution in [-0.2, 0) is 4.74 Å². The number of rotatable bonds is 5. The fraction of sp³-hybridized carbons (Fsp3) is 0.0500. The van der Waals surface area contributed by atoms with Crippen LogP contribution in [0.2, 0.25) is 0 Å². The molecule has 1 aromatic heterocycles. The van der Waals surface area contributed by atoms with Crippen LogP contribution < -0.4 is 5.43 Å². The van der Waals surface area contributed by atoms with E-state index in [0.717, 1.165) is 0 Å². The summed E-state index contributed by atoms with van der Waals surface area (Å²) in [6.07, 6.45) is 1.39. The van der Waals surface area contributed by atoms with Crippen molar-refractivity contribution in [1.82, 2.24) is 5.43 Å². The van der Waals surface area contributed by atoms with Gasteiger partial charge in [-0.2, -0.15) is 5.10 Å². The Bertz CT molecular complexity index is 1010. The lowest BCUT2D eigenvalue weighted by Gasteiger charge is -2.04. The molecule has 1 amide bonds. The van der Waals surface area contributed by atoms with Crippen molar-refractivity contribution < 1.29 is 18.7 Å². The second-order valence-corrected chi connectivity index (χ2v) is 6.27. The first-order valence-electron chi connectivity index (χ1n) is 7.95. The number of esters is 1. The van der Waals surface area contributed by atoms with Gasteiger partial charge < -0.3 is 9.15 Å². The minimum atomic E-state index is -0.446. The predicted octanol–water partition coefficient (Wildman–Crippen LogP) is 4.26. The van der Waals surface area contributed by atoms with Gasteiger partial charge in [0.25, 0.3) is 5.91 Å². The van der Waals surface area contributed by atoms with E-state index in [1.165, 1.54) is 13.3 Å². The SMILES string of the molecule is COC(=O)c1ccccc1-c1ccc(/C=N/NC(=O)c2ccccc2Br)o1. The van der Waals surface area contributed by atoms with Gasteiger partial charge >= 0.3 is 5.97 Å². The van der Waals surface area contributed by atoms with Crippen LogP contribution >= 0.6 is 15.9 Å². The maximum absolute atomic E-state index is 12.1. The molecule has 0 aliphatic heterocycles. The molecule has 2 aromatic carbocycles. The fourth-order valence-corrected chi connectivity index (χ4v) is 2.88. The van der Waals surface area contributed by atoms with E-state index in [-0.39, 0.29) is 5.91 Å². The molecule has 0 saturated carbocycles. The molecule has 7 heteroatoms. The minimum Gasteiger partial charge on any atom is -0.465 e. The van der Waals surface area contributed by atoms with Crippen molar-refractivity contribution >= 4 is 34.0 Å². The zero-order chi connectivity index (χ0) is 19.2. The Morgan fingerprint density at radius 1 is 1.04 bits per heavy atom. The van der Waals surface area contributed by atoms with E-state index < -0.39 is 5.97 Å². The van der Waals surface area contributed by atoms with Crippen molar-refractivity contribution in [3.8, 4) is 11.3 Å². The summed E-state index contributed by atoms with van der Waals surface area (Å²) in [6, 6.07) is 17.4. The lowest BCUT2D eigenvalue weighted by molar-refractivity contribution is 0.0601. The number of hydrogen-bond donors (Lipinski definition) is 1. The summed E-state index contributed by atoms with van der Waals surface area (Å²) in [5.41, 5.74) is 3.93. The molecule has 0 spiro atoms. The molecule has 1 heterocycles. The van der Waals surface area contributed by atoms with E-state index in [1.807, 2.05) is 6.07 Å². The van der Waals surface area contributed by atoms with Gasteiger partial charge in [-0.05, 0) is 46.3 Å². The van der Waals surface area contributed by atoms with E-state index in [1.54, 1.807) is 54.6 Å². The molecule has 0 fully saturated rings. The maximum Gasteiger partial charge on any atom is 0.338 e. The van der Waals surface area contributed by atoms with Crippen LogP contribution in [0.1, 0.15) is 26.5 Å².